The first-order valence-corrected chi connectivity index (χ1v) is 13.4. The number of allylic oxidation sites excluding steroid dienone is 1. The van der Waals surface area contributed by atoms with Crippen LogP contribution in [0.2, 0.25) is 0 Å². The van der Waals surface area contributed by atoms with Crippen molar-refractivity contribution in [2.75, 3.05) is 27.9 Å². The van der Waals surface area contributed by atoms with E-state index in [0.717, 1.165) is 18.4 Å². The molecule has 3 aliphatic rings. The maximum atomic E-state index is 12.9. The van der Waals surface area contributed by atoms with Crippen molar-refractivity contribution in [2.45, 2.75) is 89.5 Å². The largest absolute Gasteiger partial charge is 0.493 e. The average molecular weight is 531 g/mol. The van der Waals surface area contributed by atoms with Crippen molar-refractivity contribution in [1.82, 2.24) is 0 Å². The van der Waals surface area contributed by atoms with Crippen LogP contribution in [0.25, 0.3) is 6.08 Å². The average Bonchev–Trinajstić information content (AvgIpc) is 3.79. The zero-order valence-corrected chi connectivity index (χ0v) is 23.9. The van der Waals surface area contributed by atoms with Gasteiger partial charge in [0.05, 0.1) is 39.0 Å². The summed E-state index contributed by atoms with van der Waals surface area (Å²) in [4.78, 5) is 12.9. The van der Waals surface area contributed by atoms with Gasteiger partial charge in [-0.3, -0.25) is 0 Å². The van der Waals surface area contributed by atoms with Crippen molar-refractivity contribution in [3.63, 3.8) is 0 Å². The van der Waals surface area contributed by atoms with E-state index in [1.165, 1.54) is 11.6 Å². The van der Waals surface area contributed by atoms with Gasteiger partial charge in [0.15, 0.2) is 11.5 Å². The van der Waals surface area contributed by atoms with Gasteiger partial charge in [-0.25, -0.2) is 4.79 Å². The Morgan fingerprint density at radius 2 is 1.82 bits per heavy atom. The highest BCUT2D eigenvalue weighted by Crippen LogP contribution is 2.59. The number of epoxide rings is 2. The van der Waals surface area contributed by atoms with Gasteiger partial charge in [-0.2, -0.15) is 0 Å². The lowest BCUT2D eigenvalue weighted by Gasteiger charge is -2.42. The monoisotopic (exact) mass is 530 g/mol. The van der Waals surface area contributed by atoms with Crippen LogP contribution in [0.1, 0.15) is 59.4 Å². The summed E-state index contributed by atoms with van der Waals surface area (Å²) in [5.41, 5.74) is 1.35. The van der Waals surface area contributed by atoms with Gasteiger partial charge in [0.2, 0.25) is 5.75 Å². The molecule has 1 saturated carbocycles. The molecule has 8 nitrogen and oxygen atoms in total. The van der Waals surface area contributed by atoms with E-state index in [9.17, 15) is 4.79 Å². The molecule has 0 aromatic heterocycles. The second kappa shape index (κ2) is 11.3. The van der Waals surface area contributed by atoms with E-state index in [0.29, 0.717) is 30.3 Å². The predicted octanol–water partition coefficient (Wildman–Crippen LogP) is 5.12. The Hall–Kier alpha value is -2.55. The van der Waals surface area contributed by atoms with Gasteiger partial charge in [0, 0.05) is 13.2 Å². The second-order valence-corrected chi connectivity index (χ2v) is 11.1. The minimum atomic E-state index is -0.438. The summed E-state index contributed by atoms with van der Waals surface area (Å²) in [5, 5.41) is 0. The first-order valence-electron chi connectivity index (χ1n) is 13.4. The van der Waals surface area contributed by atoms with Crippen molar-refractivity contribution < 1.29 is 38.0 Å². The van der Waals surface area contributed by atoms with Gasteiger partial charge >= 0.3 is 5.97 Å². The molecule has 8 heteroatoms. The molecular weight excluding hydrogens is 488 g/mol. The number of hydrogen-bond acceptors (Lipinski definition) is 8. The SMILES string of the molecule is COc1cc(/C=C/C(=O)O[C@@H]2CC[C@]3(CO3)[C@@H](C3(C)O[C@H]3CC=C(C)C)[C@@H]2OC)cc(OC)c1OC(C)C. The summed E-state index contributed by atoms with van der Waals surface area (Å²) < 4.78 is 41.0. The summed E-state index contributed by atoms with van der Waals surface area (Å²) in [5.74, 6) is 1.11. The number of hydrogen-bond donors (Lipinski definition) is 0. The molecule has 0 radical (unpaired) electrons. The van der Waals surface area contributed by atoms with E-state index in [1.807, 2.05) is 13.8 Å². The number of benzene rings is 1. The van der Waals surface area contributed by atoms with Crippen LogP contribution in [-0.4, -0.2) is 69.5 Å². The smallest absolute Gasteiger partial charge is 0.331 e. The summed E-state index contributed by atoms with van der Waals surface area (Å²) >= 11 is 0. The molecule has 1 unspecified atom stereocenters. The van der Waals surface area contributed by atoms with E-state index < -0.39 is 12.1 Å². The number of methoxy groups -OCH3 is 3. The van der Waals surface area contributed by atoms with Gasteiger partial charge in [0.1, 0.15) is 23.4 Å². The quantitative estimate of drug-likeness (QED) is 0.169. The number of carbonyl (C=O) groups is 1. The molecule has 210 valence electrons. The van der Waals surface area contributed by atoms with Crippen molar-refractivity contribution in [3.05, 3.63) is 35.4 Å². The normalized spacial score (nSPS) is 31.8. The van der Waals surface area contributed by atoms with Crippen LogP contribution in [0, 0.1) is 5.92 Å². The number of rotatable bonds is 11. The summed E-state index contributed by atoms with van der Waals surface area (Å²) in [7, 11) is 4.81. The molecular formula is C30H42O8. The lowest BCUT2D eigenvalue weighted by atomic mass is 9.68. The molecule has 0 N–H and O–H groups in total. The summed E-state index contributed by atoms with van der Waals surface area (Å²) in [6, 6.07) is 3.59. The van der Waals surface area contributed by atoms with Gasteiger partial charge < -0.3 is 33.2 Å². The van der Waals surface area contributed by atoms with Crippen LogP contribution in [0.5, 0.6) is 17.2 Å². The molecule has 4 rings (SSSR count). The van der Waals surface area contributed by atoms with Gasteiger partial charge in [-0.05, 0) is 77.7 Å². The molecule has 0 bridgehead atoms. The van der Waals surface area contributed by atoms with Gasteiger partial charge in [0.25, 0.3) is 0 Å². The standard InChI is InChI=1S/C30H42O8/c1-18(2)9-11-24-29(5,38-24)28-27(34-8)21(13-14-30(28)17-35-30)37-25(31)12-10-20-15-22(32-6)26(36-19(3)4)23(16-20)33-7/h9-10,12,15-16,19,21,24,27-28H,11,13-14,17H2,1-8H3/b12-10+/t21-,24+,27-,28-,29?,30+/m1/s1. The minimum Gasteiger partial charge on any atom is -0.493 e. The predicted molar refractivity (Wildman–Crippen MR) is 144 cm³/mol. The maximum Gasteiger partial charge on any atom is 0.331 e. The highest BCUT2D eigenvalue weighted by molar-refractivity contribution is 5.87. The van der Waals surface area contributed by atoms with Crippen LogP contribution in [0.15, 0.2) is 29.9 Å². The van der Waals surface area contributed by atoms with Crippen LogP contribution in [0.3, 0.4) is 0 Å². The molecule has 1 aromatic rings. The van der Waals surface area contributed by atoms with E-state index in [-0.39, 0.29) is 35.4 Å². The fraction of sp³-hybridized carbons (Fsp3) is 0.633. The van der Waals surface area contributed by atoms with Crippen LogP contribution in [-0.2, 0) is 23.7 Å². The molecule has 38 heavy (non-hydrogen) atoms. The summed E-state index contributed by atoms with van der Waals surface area (Å²) in [6.07, 6.45) is 6.97. The van der Waals surface area contributed by atoms with Crippen molar-refractivity contribution in [3.8, 4) is 17.2 Å². The van der Waals surface area contributed by atoms with E-state index >= 15 is 0 Å². The number of ether oxygens (including phenoxy) is 7. The lowest BCUT2D eigenvalue weighted by Crippen LogP contribution is -2.55. The third-order valence-corrected chi connectivity index (χ3v) is 7.75. The highest BCUT2D eigenvalue weighted by atomic mass is 16.6. The molecule has 1 aromatic carbocycles. The van der Waals surface area contributed by atoms with E-state index in [4.69, 9.17) is 33.2 Å². The molecule has 2 aliphatic heterocycles. The second-order valence-electron chi connectivity index (χ2n) is 11.1. The van der Waals surface area contributed by atoms with Crippen molar-refractivity contribution in [2.24, 2.45) is 5.92 Å². The van der Waals surface area contributed by atoms with E-state index in [2.05, 4.69) is 26.8 Å². The molecule has 2 heterocycles. The molecule has 1 aliphatic carbocycles. The topological polar surface area (TPSA) is 88.3 Å². The fourth-order valence-electron chi connectivity index (χ4n) is 5.77. The number of esters is 1. The molecule has 1 spiro atoms. The van der Waals surface area contributed by atoms with Gasteiger partial charge in [-0.15, -0.1) is 0 Å². The zero-order chi connectivity index (χ0) is 27.7. The Kier molecular flexibility index (Phi) is 8.45. The van der Waals surface area contributed by atoms with Gasteiger partial charge in [-0.1, -0.05) is 11.6 Å². The minimum absolute atomic E-state index is 0.0203. The van der Waals surface area contributed by atoms with Crippen LogP contribution in [0.4, 0.5) is 0 Å². The maximum absolute atomic E-state index is 12.9. The van der Waals surface area contributed by atoms with E-state index in [1.54, 1.807) is 39.5 Å². The summed E-state index contributed by atoms with van der Waals surface area (Å²) in [6.45, 7) is 10.9. The molecule has 6 atom stereocenters. The highest BCUT2D eigenvalue weighted by Gasteiger charge is 2.72. The third kappa shape index (κ3) is 5.87. The van der Waals surface area contributed by atoms with Crippen molar-refractivity contribution in [1.29, 1.82) is 0 Å². The van der Waals surface area contributed by atoms with Crippen molar-refractivity contribution >= 4 is 12.0 Å². The first-order chi connectivity index (χ1) is 18.1. The molecule has 0 amide bonds. The Bertz CT molecular complexity index is 1040. The Morgan fingerprint density at radius 3 is 2.34 bits per heavy atom. The Morgan fingerprint density at radius 1 is 1.16 bits per heavy atom. The number of carbonyl (C=O) groups excluding carboxylic acids is 1. The first kappa shape index (κ1) is 28.5. The zero-order valence-electron chi connectivity index (χ0n) is 23.9. The third-order valence-electron chi connectivity index (χ3n) is 7.75. The van der Waals surface area contributed by atoms with Crippen LogP contribution >= 0.6 is 0 Å². The molecule has 3 fully saturated rings. The fourth-order valence-corrected chi connectivity index (χ4v) is 5.77. The Labute approximate surface area is 226 Å². The Balaban J connectivity index is 1.47. The lowest BCUT2D eigenvalue weighted by molar-refractivity contribution is -0.166. The molecule has 2 saturated heterocycles. The van der Waals surface area contributed by atoms with Crippen LogP contribution < -0.4 is 14.2 Å².